The summed E-state index contributed by atoms with van der Waals surface area (Å²) in [6, 6.07) is 3.57. The van der Waals surface area contributed by atoms with E-state index < -0.39 is 17.6 Å². The summed E-state index contributed by atoms with van der Waals surface area (Å²) in [6.07, 6.45) is 0. The van der Waals surface area contributed by atoms with Gasteiger partial charge in [0.25, 0.3) is 0 Å². The van der Waals surface area contributed by atoms with Gasteiger partial charge in [-0.1, -0.05) is 16.8 Å². The molecule has 1 aromatic carbocycles. The maximum absolute atomic E-state index is 12.8. The fourth-order valence-electron chi connectivity index (χ4n) is 1.05. The predicted molar refractivity (Wildman–Crippen MR) is 62.6 cm³/mol. The molecule has 0 saturated carbocycles. The van der Waals surface area contributed by atoms with Crippen molar-refractivity contribution in [2.45, 2.75) is 6.92 Å². The summed E-state index contributed by atoms with van der Waals surface area (Å²) in [6.45, 7) is 1.46. The molecule has 0 bridgehead atoms. The average Bonchev–Trinajstić information content (AvgIpc) is 2.30. The lowest BCUT2D eigenvalue weighted by atomic mass is 10.1. The SMILES string of the molecule is CC(C(=O)Nc1ccc(F)cc1Cl)/C(N)=N/O. The molecular weight excluding hydrogens is 249 g/mol. The summed E-state index contributed by atoms with van der Waals surface area (Å²) in [4.78, 5) is 11.6. The van der Waals surface area contributed by atoms with E-state index in [0.717, 1.165) is 12.1 Å². The van der Waals surface area contributed by atoms with Gasteiger partial charge >= 0.3 is 0 Å². The molecule has 1 unspecified atom stereocenters. The van der Waals surface area contributed by atoms with Crippen LogP contribution in [0.1, 0.15) is 6.92 Å². The number of hydrogen-bond donors (Lipinski definition) is 3. The van der Waals surface area contributed by atoms with Gasteiger partial charge in [-0.25, -0.2) is 4.39 Å². The Morgan fingerprint density at radius 1 is 1.65 bits per heavy atom. The standard InChI is InChI=1S/C10H11ClFN3O2/c1-5(9(13)15-17)10(16)14-8-3-2-6(12)4-7(8)11/h2-5,17H,1H3,(H2,13,15)(H,14,16). The zero-order chi connectivity index (χ0) is 13.0. The second-order valence-electron chi connectivity index (χ2n) is 3.36. The molecular formula is C10H11ClFN3O2. The fraction of sp³-hybridized carbons (Fsp3) is 0.200. The Bertz CT molecular complexity index is 465. The first kappa shape index (κ1) is 13.2. The zero-order valence-corrected chi connectivity index (χ0v) is 9.70. The number of benzene rings is 1. The molecule has 1 aromatic rings. The first-order valence-corrected chi connectivity index (χ1v) is 5.07. The number of anilines is 1. The van der Waals surface area contributed by atoms with Crippen LogP contribution < -0.4 is 11.1 Å². The summed E-state index contributed by atoms with van der Waals surface area (Å²) in [7, 11) is 0. The Hall–Kier alpha value is -1.82. The lowest BCUT2D eigenvalue weighted by molar-refractivity contribution is -0.117. The lowest BCUT2D eigenvalue weighted by Gasteiger charge is -2.11. The van der Waals surface area contributed by atoms with E-state index in [2.05, 4.69) is 10.5 Å². The van der Waals surface area contributed by atoms with Crippen molar-refractivity contribution in [3.8, 4) is 0 Å². The fourth-order valence-corrected chi connectivity index (χ4v) is 1.27. The summed E-state index contributed by atoms with van der Waals surface area (Å²) in [5.74, 6) is -2.05. The van der Waals surface area contributed by atoms with Crippen molar-refractivity contribution >= 4 is 29.0 Å². The van der Waals surface area contributed by atoms with Crippen LogP contribution in [0.3, 0.4) is 0 Å². The van der Waals surface area contributed by atoms with Crippen LogP contribution in [0.15, 0.2) is 23.4 Å². The van der Waals surface area contributed by atoms with Gasteiger partial charge in [0.1, 0.15) is 5.82 Å². The van der Waals surface area contributed by atoms with Crippen LogP contribution >= 0.6 is 11.6 Å². The Kier molecular flexibility index (Phi) is 4.28. The van der Waals surface area contributed by atoms with Crippen LogP contribution in [0, 0.1) is 11.7 Å². The average molecular weight is 260 g/mol. The molecule has 7 heteroatoms. The van der Waals surface area contributed by atoms with Gasteiger partial charge in [0.2, 0.25) is 5.91 Å². The summed E-state index contributed by atoms with van der Waals surface area (Å²) < 4.78 is 12.8. The maximum Gasteiger partial charge on any atom is 0.234 e. The molecule has 92 valence electrons. The van der Waals surface area contributed by atoms with E-state index in [-0.39, 0.29) is 16.5 Å². The van der Waals surface area contributed by atoms with Gasteiger partial charge in [-0.2, -0.15) is 0 Å². The number of carbonyl (C=O) groups excluding carboxylic acids is 1. The largest absolute Gasteiger partial charge is 0.409 e. The quantitative estimate of drug-likeness (QED) is 0.335. The smallest absolute Gasteiger partial charge is 0.234 e. The predicted octanol–water partition coefficient (Wildman–Crippen LogP) is 1.80. The van der Waals surface area contributed by atoms with Gasteiger partial charge in [-0.15, -0.1) is 0 Å². The van der Waals surface area contributed by atoms with E-state index in [1.807, 2.05) is 0 Å². The van der Waals surface area contributed by atoms with E-state index in [1.54, 1.807) is 0 Å². The zero-order valence-electron chi connectivity index (χ0n) is 8.95. The number of nitrogens with zero attached hydrogens (tertiary/aromatic N) is 1. The molecule has 0 aromatic heterocycles. The number of rotatable bonds is 3. The number of amides is 1. The minimum absolute atomic E-state index is 0.0741. The number of amidine groups is 1. The van der Waals surface area contributed by atoms with E-state index >= 15 is 0 Å². The van der Waals surface area contributed by atoms with E-state index in [4.69, 9.17) is 22.5 Å². The number of oxime groups is 1. The Labute approximate surface area is 102 Å². The highest BCUT2D eigenvalue weighted by Crippen LogP contribution is 2.22. The monoisotopic (exact) mass is 259 g/mol. The normalized spacial score (nSPS) is 13.2. The minimum Gasteiger partial charge on any atom is -0.409 e. The number of carbonyl (C=O) groups is 1. The van der Waals surface area contributed by atoms with Crippen LogP contribution in [0.2, 0.25) is 5.02 Å². The van der Waals surface area contributed by atoms with Crippen LogP contribution in [0.4, 0.5) is 10.1 Å². The van der Waals surface area contributed by atoms with Crippen LogP contribution in [0.25, 0.3) is 0 Å². The third-order valence-corrected chi connectivity index (χ3v) is 2.45. The van der Waals surface area contributed by atoms with Crippen molar-refractivity contribution < 1.29 is 14.4 Å². The van der Waals surface area contributed by atoms with Gasteiger partial charge in [0, 0.05) is 0 Å². The van der Waals surface area contributed by atoms with E-state index in [1.165, 1.54) is 13.0 Å². The second-order valence-corrected chi connectivity index (χ2v) is 3.77. The van der Waals surface area contributed by atoms with Crippen molar-refractivity contribution in [2.24, 2.45) is 16.8 Å². The van der Waals surface area contributed by atoms with Crippen LogP contribution in [-0.2, 0) is 4.79 Å². The topological polar surface area (TPSA) is 87.7 Å². The van der Waals surface area contributed by atoms with Crippen LogP contribution in [0.5, 0.6) is 0 Å². The second kappa shape index (κ2) is 5.49. The lowest BCUT2D eigenvalue weighted by Crippen LogP contribution is -2.32. The molecule has 5 nitrogen and oxygen atoms in total. The molecule has 0 aliphatic rings. The van der Waals surface area contributed by atoms with Crippen molar-refractivity contribution in [1.29, 1.82) is 0 Å². The highest BCUT2D eigenvalue weighted by Gasteiger charge is 2.18. The molecule has 0 aliphatic carbocycles. The molecule has 4 N–H and O–H groups in total. The molecule has 17 heavy (non-hydrogen) atoms. The first-order chi connectivity index (χ1) is 7.95. The third-order valence-electron chi connectivity index (χ3n) is 2.14. The van der Waals surface area contributed by atoms with Crippen molar-refractivity contribution in [3.05, 3.63) is 29.0 Å². The summed E-state index contributed by atoms with van der Waals surface area (Å²) in [5.41, 5.74) is 5.54. The Balaban J connectivity index is 2.81. The van der Waals surface area contributed by atoms with Crippen LogP contribution in [-0.4, -0.2) is 17.0 Å². The number of nitrogens with two attached hydrogens (primary N) is 1. The molecule has 0 saturated heterocycles. The molecule has 1 rings (SSSR count). The van der Waals surface area contributed by atoms with Gasteiger partial charge in [0.15, 0.2) is 5.84 Å². The van der Waals surface area contributed by atoms with Gasteiger partial charge in [-0.05, 0) is 25.1 Å². The van der Waals surface area contributed by atoms with Gasteiger partial charge in [-0.3, -0.25) is 4.79 Å². The summed E-state index contributed by atoms with van der Waals surface area (Å²) in [5, 5.41) is 13.7. The Morgan fingerprint density at radius 3 is 2.82 bits per heavy atom. The van der Waals surface area contributed by atoms with Gasteiger partial charge in [0.05, 0.1) is 16.6 Å². The van der Waals surface area contributed by atoms with E-state index in [0.29, 0.717) is 0 Å². The first-order valence-electron chi connectivity index (χ1n) is 4.69. The molecule has 0 radical (unpaired) electrons. The number of hydrogen-bond acceptors (Lipinski definition) is 3. The highest BCUT2D eigenvalue weighted by atomic mass is 35.5. The third kappa shape index (κ3) is 3.32. The molecule has 0 heterocycles. The van der Waals surface area contributed by atoms with Gasteiger partial charge < -0.3 is 16.3 Å². The van der Waals surface area contributed by atoms with Crippen molar-refractivity contribution in [1.82, 2.24) is 0 Å². The molecule has 0 aliphatic heterocycles. The molecule has 0 spiro atoms. The number of halogens is 2. The highest BCUT2D eigenvalue weighted by molar-refractivity contribution is 6.33. The van der Waals surface area contributed by atoms with E-state index in [9.17, 15) is 9.18 Å². The maximum atomic E-state index is 12.8. The van der Waals surface area contributed by atoms with Crippen molar-refractivity contribution in [2.75, 3.05) is 5.32 Å². The summed E-state index contributed by atoms with van der Waals surface area (Å²) >= 11 is 5.73. The molecule has 1 atom stereocenters. The minimum atomic E-state index is -0.818. The van der Waals surface area contributed by atoms with Crippen molar-refractivity contribution in [3.63, 3.8) is 0 Å². The molecule has 1 amide bonds. The Morgan fingerprint density at radius 2 is 2.29 bits per heavy atom. The molecule has 0 fully saturated rings. The number of nitrogens with one attached hydrogen (secondary N) is 1.